The Morgan fingerprint density at radius 2 is 1.46 bits per heavy atom. The van der Waals surface area contributed by atoms with Crippen LogP contribution in [-0.2, 0) is 11.3 Å². The van der Waals surface area contributed by atoms with Crippen LogP contribution < -0.4 is 5.32 Å². The minimum absolute atomic E-state index is 0.283. The van der Waals surface area contributed by atoms with E-state index in [1.165, 1.54) is 11.1 Å². The summed E-state index contributed by atoms with van der Waals surface area (Å²) in [7, 11) is 0. The first-order chi connectivity index (χ1) is 13.8. The predicted octanol–water partition coefficient (Wildman–Crippen LogP) is 5.41. The molecule has 0 heterocycles. The Bertz CT molecular complexity index is 923. The number of hydrogen-bond donors (Lipinski definition) is 1. The third-order valence-electron chi connectivity index (χ3n) is 4.19. The molecule has 1 N–H and O–H groups in total. The summed E-state index contributed by atoms with van der Waals surface area (Å²) < 4.78 is 5.17. The van der Waals surface area contributed by atoms with E-state index in [9.17, 15) is 4.79 Å². The fourth-order valence-electron chi connectivity index (χ4n) is 2.68. The number of unbranched alkanes of at least 4 members (excludes halogenated alkanes) is 1. The fraction of sp³-hybridized carbons (Fsp3) is 0.160. The number of amides is 1. The average Bonchev–Trinajstić information content (AvgIpc) is 2.76. The van der Waals surface area contributed by atoms with Gasteiger partial charge in [-0.2, -0.15) is 0 Å². The van der Waals surface area contributed by atoms with E-state index in [2.05, 4.69) is 41.4 Å². The van der Waals surface area contributed by atoms with Gasteiger partial charge in [-0.1, -0.05) is 84.6 Å². The van der Waals surface area contributed by atoms with Crippen LogP contribution in [0.25, 0.3) is 11.1 Å². The topological polar surface area (TPSA) is 38.3 Å². The Labute approximate surface area is 166 Å². The van der Waals surface area contributed by atoms with E-state index < -0.39 is 6.09 Å². The van der Waals surface area contributed by atoms with Gasteiger partial charge in [0.15, 0.2) is 0 Å². The van der Waals surface area contributed by atoms with Gasteiger partial charge in [0.1, 0.15) is 6.61 Å². The summed E-state index contributed by atoms with van der Waals surface area (Å²) in [5.41, 5.74) is 4.35. The van der Waals surface area contributed by atoms with Crippen LogP contribution in [0.2, 0.25) is 0 Å². The predicted molar refractivity (Wildman–Crippen MR) is 113 cm³/mol. The first-order valence-electron chi connectivity index (χ1n) is 9.40. The molecule has 0 atom stereocenters. The highest BCUT2D eigenvalue weighted by atomic mass is 16.5. The molecule has 0 saturated heterocycles. The lowest BCUT2D eigenvalue weighted by atomic mass is 10.0. The molecule has 3 nitrogen and oxygen atoms in total. The van der Waals surface area contributed by atoms with Crippen LogP contribution in [0, 0.1) is 11.8 Å². The molecule has 0 radical (unpaired) electrons. The molecule has 140 valence electrons. The summed E-state index contributed by atoms with van der Waals surface area (Å²) >= 11 is 0. The van der Waals surface area contributed by atoms with Gasteiger partial charge in [-0.05, 0) is 35.2 Å². The van der Waals surface area contributed by atoms with E-state index in [4.69, 9.17) is 4.74 Å². The van der Waals surface area contributed by atoms with Gasteiger partial charge in [0.05, 0.1) is 0 Å². The Hall–Kier alpha value is -3.51. The van der Waals surface area contributed by atoms with E-state index in [-0.39, 0.29) is 6.61 Å². The van der Waals surface area contributed by atoms with Gasteiger partial charge in [0.2, 0.25) is 0 Å². The monoisotopic (exact) mass is 369 g/mol. The van der Waals surface area contributed by atoms with Crippen LogP contribution in [0.15, 0.2) is 84.9 Å². The molecule has 3 heteroatoms. The van der Waals surface area contributed by atoms with Crippen LogP contribution in [0.5, 0.6) is 0 Å². The number of nitrogens with one attached hydrogen (secondary N) is 1. The van der Waals surface area contributed by atoms with E-state index in [0.717, 1.165) is 24.0 Å². The van der Waals surface area contributed by atoms with Gasteiger partial charge in [-0.25, -0.2) is 4.79 Å². The lowest BCUT2D eigenvalue weighted by molar-refractivity contribution is 0.139. The molecule has 0 bridgehead atoms. The number of ether oxygens (including phenoxy) is 1. The molecule has 0 aliphatic heterocycles. The summed E-state index contributed by atoms with van der Waals surface area (Å²) in [4.78, 5) is 11.7. The van der Waals surface area contributed by atoms with Gasteiger partial charge in [-0.3, -0.25) is 0 Å². The van der Waals surface area contributed by atoms with Gasteiger partial charge in [0, 0.05) is 18.5 Å². The number of benzene rings is 3. The zero-order valence-corrected chi connectivity index (χ0v) is 15.7. The molecule has 3 aromatic rings. The van der Waals surface area contributed by atoms with Crippen molar-refractivity contribution in [3.8, 4) is 23.0 Å². The fourth-order valence-corrected chi connectivity index (χ4v) is 2.68. The second-order valence-electron chi connectivity index (χ2n) is 6.34. The van der Waals surface area contributed by atoms with E-state index in [1.807, 2.05) is 60.7 Å². The van der Waals surface area contributed by atoms with E-state index in [1.54, 1.807) is 0 Å². The summed E-state index contributed by atoms with van der Waals surface area (Å²) in [6.45, 7) is 0.834. The Kier molecular flexibility index (Phi) is 7.29. The smallest absolute Gasteiger partial charge is 0.407 e. The maximum Gasteiger partial charge on any atom is 0.407 e. The summed E-state index contributed by atoms with van der Waals surface area (Å²) in [5, 5.41) is 2.75. The van der Waals surface area contributed by atoms with Crippen molar-refractivity contribution in [3.05, 3.63) is 96.1 Å². The molecule has 3 rings (SSSR count). The summed E-state index contributed by atoms with van der Waals surface area (Å²) in [5.74, 6) is 6.31. The molecule has 28 heavy (non-hydrogen) atoms. The van der Waals surface area contributed by atoms with Gasteiger partial charge >= 0.3 is 6.09 Å². The second kappa shape index (κ2) is 10.6. The summed E-state index contributed by atoms with van der Waals surface area (Å²) in [6.07, 6.45) is 1.11. The highest BCUT2D eigenvalue weighted by molar-refractivity contribution is 5.67. The summed E-state index contributed by atoms with van der Waals surface area (Å²) in [6, 6.07) is 28.2. The van der Waals surface area contributed by atoms with Crippen molar-refractivity contribution in [3.63, 3.8) is 0 Å². The molecule has 0 aromatic heterocycles. The number of rotatable bonds is 6. The zero-order chi connectivity index (χ0) is 19.4. The molecule has 0 fully saturated rings. The van der Waals surface area contributed by atoms with Gasteiger partial charge < -0.3 is 10.1 Å². The average molecular weight is 369 g/mol. The van der Waals surface area contributed by atoms with Crippen LogP contribution in [-0.4, -0.2) is 12.6 Å². The zero-order valence-electron chi connectivity index (χ0n) is 15.7. The van der Waals surface area contributed by atoms with Crippen molar-refractivity contribution in [2.45, 2.75) is 19.4 Å². The number of carbonyl (C=O) groups is 1. The van der Waals surface area contributed by atoms with Crippen LogP contribution in [0.1, 0.15) is 24.0 Å². The van der Waals surface area contributed by atoms with Crippen molar-refractivity contribution in [2.75, 3.05) is 6.54 Å². The molecule has 0 aliphatic rings. The first kappa shape index (κ1) is 19.3. The highest BCUT2D eigenvalue weighted by Gasteiger charge is 2.01. The number of hydrogen-bond acceptors (Lipinski definition) is 2. The molecule has 0 saturated carbocycles. The van der Waals surface area contributed by atoms with Crippen LogP contribution in [0.4, 0.5) is 4.79 Å². The quantitative estimate of drug-likeness (QED) is 0.466. The van der Waals surface area contributed by atoms with Crippen molar-refractivity contribution < 1.29 is 9.53 Å². The normalized spacial score (nSPS) is 9.86. The minimum atomic E-state index is -0.395. The molecular weight excluding hydrogens is 346 g/mol. The minimum Gasteiger partial charge on any atom is -0.445 e. The highest BCUT2D eigenvalue weighted by Crippen LogP contribution is 2.18. The number of carbonyl (C=O) groups excluding carboxylic acids is 1. The van der Waals surface area contributed by atoms with Crippen molar-refractivity contribution in [1.82, 2.24) is 5.32 Å². The third-order valence-corrected chi connectivity index (χ3v) is 4.19. The molecule has 0 aliphatic carbocycles. The SMILES string of the molecule is O=C(NCCCC#Cc1ccc(-c2ccccc2)cc1)OCc1ccccc1. The van der Waals surface area contributed by atoms with Crippen molar-refractivity contribution >= 4 is 6.09 Å². The molecule has 1 amide bonds. The largest absolute Gasteiger partial charge is 0.445 e. The third kappa shape index (κ3) is 6.34. The molecule has 3 aromatic carbocycles. The lowest BCUT2D eigenvalue weighted by Crippen LogP contribution is -2.25. The molecule has 0 spiro atoms. The Morgan fingerprint density at radius 1 is 0.821 bits per heavy atom. The molecule has 0 unspecified atom stereocenters. The van der Waals surface area contributed by atoms with Crippen molar-refractivity contribution in [1.29, 1.82) is 0 Å². The maximum atomic E-state index is 11.7. The molecular formula is C25H23NO2. The van der Waals surface area contributed by atoms with Crippen molar-refractivity contribution in [2.24, 2.45) is 0 Å². The van der Waals surface area contributed by atoms with E-state index in [0.29, 0.717) is 6.54 Å². The van der Waals surface area contributed by atoms with Gasteiger partial charge in [0.25, 0.3) is 0 Å². The first-order valence-corrected chi connectivity index (χ1v) is 9.40. The van der Waals surface area contributed by atoms with Crippen LogP contribution >= 0.6 is 0 Å². The van der Waals surface area contributed by atoms with Crippen LogP contribution in [0.3, 0.4) is 0 Å². The number of alkyl carbamates (subject to hydrolysis) is 1. The lowest BCUT2D eigenvalue weighted by Gasteiger charge is -2.06. The second-order valence-corrected chi connectivity index (χ2v) is 6.34. The Morgan fingerprint density at radius 3 is 2.18 bits per heavy atom. The standard InChI is InChI=1S/C25H23NO2/c27-25(28-20-22-11-4-1-5-12-22)26-19-9-3-6-10-21-15-17-24(18-16-21)23-13-7-2-8-14-23/h1-2,4-5,7-8,11-18H,3,9,19-20H2,(H,26,27). The van der Waals surface area contributed by atoms with E-state index >= 15 is 0 Å². The maximum absolute atomic E-state index is 11.7. The van der Waals surface area contributed by atoms with Gasteiger partial charge in [-0.15, -0.1) is 0 Å². The Balaban J connectivity index is 1.34.